The first-order valence-electron chi connectivity index (χ1n) is 7.36. The summed E-state index contributed by atoms with van der Waals surface area (Å²) in [6.45, 7) is 3.07. The smallest absolute Gasteiger partial charge is 0.151 e. The lowest BCUT2D eigenvalue weighted by Gasteiger charge is -2.27. The summed E-state index contributed by atoms with van der Waals surface area (Å²) in [6.07, 6.45) is 0. The standard InChI is InChI=1S/C16H17ClN4OS/c17-12-3-1-11(2-4-12)15(16(18)23)13-5-6-14(20-19-13)21-7-9-22-10-8-21/h1-6,15H,7-10H2,(H2,18,23). The SMILES string of the molecule is NC(=S)C(c1ccc(Cl)cc1)c1ccc(N2CCOCC2)nn1. The average molecular weight is 349 g/mol. The molecule has 1 aromatic heterocycles. The minimum Gasteiger partial charge on any atom is -0.392 e. The van der Waals surface area contributed by atoms with Crippen LogP contribution in [-0.2, 0) is 4.74 Å². The van der Waals surface area contributed by atoms with Crippen molar-refractivity contribution in [2.24, 2.45) is 5.73 Å². The van der Waals surface area contributed by atoms with Crippen LogP contribution in [0, 0.1) is 0 Å². The molecule has 0 saturated carbocycles. The molecule has 0 amide bonds. The zero-order valence-corrected chi connectivity index (χ0v) is 14.1. The summed E-state index contributed by atoms with van der Waals surface area (Å²) < 4.78 is 5.35. The molecule has 2 heterocycles. The van der Waals surface area contributed by atoms with Gasteiger partial charge in [-0.2, -0.15) is 5.10 Å². The van der Waals surface area contributed by atoms with Crippen LogP contribution in [0.2, 0.25) is 5.02 Å². The zero-order valence-electron chi connectivity index (χ0n) is 12.5. The van der Waals surface area contributed by atoms with E-state index in [2.05, 4.69) is 15.1 Å². The van der Waals surface area contributed by atoms with E-state index >= 15 is 0 Å². The Hall–Kier alpha value is -1.76. The Morgan fingerprint density at radius 2 is 1.83 bits per heavy atom. The topological polar surface area (TPSA) is 64.3 Å². The maximum atomic E-state index is 5.94. The molecule has 23 heavy (non-hydrogen) atoms. The number of nitrogens with zero attached hydrogens (tertiary/aromatic N) is 3. The van der Waals surface area contributed by atoms with Crippen molar-refractivity contribution in [2.45, 2.75) is 5.92 Å². The number of benzene rings is 1. The van der Waals surface area contributed by atoms with Crippen LogP contribution in [0.5, 0.6) is 0 Å². The Morgan fingerprint density at radius 1 is 1.13 bits per heavy atom. The predicted molar refractivity (Wildman–Crippen MR) is 95.1 cm³/mol. The van der Waals surface area contributed by atoms with Gasteiger partial charge in [0.2, 0.25) is 0 Å². The molecule has 1 aliphatic heterocycles. The minimum atomic E-state index is -0.270. The normalized spacial score (nSPS) is 16.1. The Labute approximate surface area is 145 Å². The summed E-state index contributed by atoms with van der Waals surface area (Å²) in [7, 11) is 0. The van der Waals surface area contributed by atoms with E-state index < -0.39 is 0 Å². The van der Waals surface area contributed by atoms with Gasteiger partial charge in [-0.05, 0) is 29.8 Å². The number of halogens is 1. The first-order valence-corrected chi connectivity index (χ1v) is 8.15. The third kappa shape index (κ3) is 3.77. The van der Waals surface area contributed by atoms with E-state index in [4.69, 9.17) is 34.3 Å². The number of rotatable bonds is 4. The van der Waals surface area contributed by atoms with Gasteiger partial charge >= 0.3 is 0 Å². The van der Waals surface area contributed by atoms with Crippen molar-refractivity contribution in [3.8, 4) is 0 Å². The molecule has 5 nitrogen and oxygen atoms in total. The largest absolute Gasteiger partial charge is 0.392 e. The molecule has 0 spiro atoms. The molecule has 1 atom stereocenters. The predicted octanol–water partition coefficient (Wildman–Crippen LogP) is 2.38. The van der Waals surface area contributed by atoms with Crippen LogP contribution in [0.4, 0.5) is 5.82 Å². The van der Waals surface area contributed by atoms with Crippen molar-refractivity contribution in [1.29, 1.82) is 0 Å². The van der Waals surface area contributed by atoms with E-state index in [0.29, 0.717) is 23.2 Å². The van der Waals surface area contributed by atoms with Gasteiger partial charge in [-0.15, -0.1) is 5.10 Å². The molecule has 1 aliphatic rings. The van der Waals surface area contributed by atoms with Crippen molar-refractivity contribution in [1.82, 2.24) is 10.2 Å². The Kier molecular flexibility index (Phi) is 5.05. The van der Waals surface area contributed by atoms with Gasteiger partial charge in [0.1, 0.15) is 0 Å². The molecular formula is C16H17ClN4OS. The number of nitrogens with two attached hydrogens (primary N) is 1. The van der Waals surface area contributed by atoms with E-state index in [-0.39, 0.29) is 5.92 Å². The molecular weight excluding hydrogens is 332 g/mol. The highest BCUT2D eigenvalue weighted by atomic mass is 35.5. The first kappa shape index (κ1) is 16.1. The van der Waals surface area contributed by atoms with Crippen LogP contribution in [-0.4, -0.2) is 41.5 Å². The number of hydrogen-bond acceptors (Lipinski definition) is 5. The minimum absolute atomic E-state index is 0.270. The van der Waals surface area contributed by atoms with Crippen LogP contribution in [0.1, 0.15) is 17.2 Å². The van der Waals surface area contributed by atoms with Crippen molar-refractivity contribution in [3.05, 3.63) is 52.7 Å². The molecule has 3 rings (SSSR count). The fourth-order valence-corrected chi connectivity index (χ4v) is 2.97. The van der Waals surface area contributed by atoms with Crippen LogP contribution >= 0.6 is 23.8 Å². The molecule has 2 aromatic rings. The first-order chi connectivity index (χ1) is 11.1. The molecule has 120 valence electrons. The van der Waals surface area contributed by atoms with Gasteiger partial charge in [-0.25, -0.2) is 0 Å². The van der Waals surface area contributed by atoms with Crippen LogP contribution < -0.4 is 10.6 Å². The highest BCUT2D eigenvalue weighted by molar-refractivity contribution is 7.80. The van der Waals surface area contributed by atoms with E-state index in [1.54, 1.807) is 0 Å². The second-order valence-corrected chi connectivity index (χ2v) is 6.21. The molecule has 1 saturated heterocycles. The Bertz CT molecular complexity index is 671. The fraction of sp³-hybridized carbons (Fsp3) is 0.312. The Balaban J connectivity index is 1.85. The van der Waals surface area contributed by atoms with Gasteiger partial charge in [0.25, 0.3) is 0 Å². The van der Waals surface area contributed by atoms with Gasteiger partial charge in [0.15, 0.2) is 5.82 Å². The molecule has 1 aromatic carbocycles. The average Bonchev–Trinajstić information content (AvgIpc) is 2.58. The second-order valence-electron chi connectivity index (χ2n) is 5.30. The number of hydrogen-bond donors (Lipinski definition) is 1. The van der Waals surface area contributed by atoms with Gasteiger partial charge in [0.05, 0.1) is 29.8 Å². The maximum Gasteiger partial charge on any atom is 0.151 e. The molecule has 1 unspecified atom stereocenters. The third-order valence-electron chi connectivity index (χ3n) is 3.79. The van der Waals surface area contributed by atoms with Crippen molar-refractivity contribution >= 4 is 34.6 Å². The zero-order chi connectivity index (χ0) is 16.2. The summed E-state index contributed by atoms with van der Waals surface area (Å²) in [5, 5.41) is 9.34. The van der Waals surface area contributed by atoms with Gasteiger partial charge in [0, 0.05) is 18.1 Å². The third-order valence-corrected chi connectivity index (χ3v) is 4.28. The number of ether oxygens (including phenoxy) is 1. The summed E-state index contributed by atoms with van der Waals surface area (Å²) in [6, 6.07) is 11.3. The second kappa shape index (κ2) is 7.21. The quantitative estimate of drug-likeness (QED) is 0.856. The van der Waals surface area contributed by atoms with Gasteiger partial charge in [-0.1, -0.05) is 36.0 Å². The lowest BCUT2D eigenvalue weighted by molar-refractivity contribution is 0.122. The summed E-state index contributed by atoms with van der Waals surface area (Å²) >= 11 is 11.2. The fourth-order valence-electron chi connectivity index (χ4n) is 2.59. The number of aromatic nitrogens is 2. The van der Waals surface area contributed by atoms with E-state index in [1.165, 1.54) is 0 Å². The van der Waals surface area contributed by atoms with E-state index in [9.17, 15) is 0 Å². The van der Waals surface area contributed by atoms with Crippen LogP contribution in [0.3, 0.4) is 0 Å². The van der Waals surface area contributed by atoms with Gasteiger partial charge in [-0.3, -0.25) is 0 Å². The maximum absolute atomic E-state index is 5.94. The molecule has 0 aliphatic carbocycles. The van der Waals surface area contributed by atoms with E-state index in [1.807, 2.05) is 36.4 Å². The van der Waals surface area contributed by atoms with Crippen LogP contribution in [0.25, 0.3) is 0 Å². The van der Waals surface area contributed by atoms with Crippen molar-refractivity contribution in [3.63, 3.8) is 0 Å². The number of morpholine rings is 1. The number of anilines is 1. The van der Waals surface area contributed by atoms with Crippen molar-refractivity contribution < 1.29 is 4.74 Å². The molecule has 0 bridgehead atoms. The summed E-state index contributed by atoms with van der Waals surface area (Å²) in [4.78, 5) is 2.51. The summed E-state index contributed by atoms with van der Waals surface area (Å²) in [5.74, 6) is 0.573. The summed E-state index contributed by atoms with van der Waals surface area (Å²) in [5.41, 5.74) is 7.61. The lowest BCUT2D eigenvalue weighted by atomic mass is 9.95. The number of thiocarbonyl (C=S) groups is 1. The molecule has 1 fully saturated rings. The van der Waals surface area contributed by atoms with Crippen LogP contribution in [0.15, 0.2) is 36.4 Å². The van der Waals surface area contributed by atoms with Crippen molar-refractivity contribution in [2.75, 3.05) is 31.2 Å². The van der Waals surface area contributed by atoms with Gasteiger partial charge < -0.3 is 15.4 Å². The highest BCUT2D eigenvalue weighted by Gasteiger charge is 2.20. The monoisotopic (exact) mass is 348 g/mol. The highest BCUT2D eigenvalue weighted by Crippen LogP contribution is 2.25. The Morgan fingerprint density at radius 3 is 2.39 bits per heavy atom. The van der Waals surface area contributed by atoms with E-state index in [0.717, 1.165) is 30.2 Å². The molecule has 2 N–H and O–H groups in total. The lowest BCUT2D eigenvalue weighted by Crippen LogP contribution is -2.37. The molecule has 7 heteroatoms. The molecule has 0 radical (unpaired) electrons.